The number of rotatable bonds is 6. The van der Waals surface area contributed by atoms with Crippen LogP contribution in [0.3, 0.4) is 0 Å². The van der Waals surface area contributed by atoms with Crippen molar-refractivity contribution < 1.29 is 9.59 Å². The number of amides is 2. The van der Waals surface area contributed by atoms with Crippen LogP contribution in [-0.4, -0.2) is 35.8 Å². The van der Waals surface area contributed by atoms with E-state index in [2.05, 4.69) is 17.4 Å². The van der Waals surface area contributed by atoms with Crippen LogP contribution in [0.2, 0.25) is 0 Å². The topological polar surface area (TPSA) is 49.4 Å². The maximum absolute atomic E-state index is 12.4. The van der Waals surface area contributed by atoms with Gasteiger partial charge < -0.3 is 10.2 Å². The summed E-state index contributed by atoms with van der Waals surface area (Å²) in [5, 5.41) is 2.82. The zero-order chi connectivity index (χ0) is 15.2. The Labute approximate surface area is 126 Å². The molecule has 1 aliphatic rings. The van der Waals surface area contributed by atoms with Gasteiger partial charge in [0.2, 0.25) is 11.8 Å². The van der Waals surface area contributed by atoms with E-state index in [0.29, 0.717) is 6.54 Å². The summed E-state index contributed by atoms with van der Waals surface area (Å²) < 4.78 is 0. The summed E-state index contributed by atoms with van der Waals surface area (Å²) in [6.07, 6.45) is 2.70. The van der Waals surface area contributed by atoms with Gasteiger partial charge >= 0.3 is 0 Å². The molecule has 1 heterocycles. The first kappa shape index (κ1) is 15.5. The molecule has 0 radical (unpaired) electrons. The number of aryl methyl sites for hydroxylation is 1. The summed E-state index contributed by atoms with van der Waals surface area (Å²) in [5.41, 5.74) is 1.27. The molecule has 2 unspecified atom stereocenters. The average Bonchev–Trinajstić information content (AvgIpc) is 2.50. The maximum Gasteiger partial charge on any atom is 0.245 e. The third-order valence-corrected chi connectivity index (χ3v) is 4.18. The van der Waals surface area contributed by atoms with Gasteiger partial charge in [-0.3, -0.25) is 9.59 Å². The molecule has 0 bridgehead atoms. The predicted octanol–water partition coefficient (Wildman–Crippen LogP) is 1.99. The fourth-order valence-corrected chi connectivity index (χ4v) is 2.66. The van der Waals surface area contributed by atoms with E-state index in [9.17, 15) is 9.59 Å². The number of piperazine rings is 1. The van der Waals surface area contributed by atoms with Gasteiger partial charge in [-0.1, -0.05) is 50.6 Å². The third-order valence-electron chi connectivity index (χ3n) is 4.18. The van der Waals surface area contributed by atoms with Crippen LogP contribution in [0.1, 0.15) is 32.3 Å². The Balaban J connectivity index is 1.89. The molecule has 1 N–H and O–H groups in total. The van der Waals surface area contributed by atoms with Gasteiger partial charge in [0.15, 0.2) is 0 Å². The van der Waals surface area contributed by atoms with E-state index in [0.717, 1.165) is 19.3 Å². The predicted molar refractivity (Wildman–Crippen MR) is 82.7 cm³/mol. The molecule has 1 aromatic rings. The molecule has 2 amide bonds. The maximum atomic E-state index is 12.4. The van der Waals surface area contributed by atoms with E-state index >= 15 is 0 Å². The van der Waals surface area contributed by atoms with Crippen LogP contribution in [0.25, 0.3) is 0 Å². The summed E-state index contributed by atoms with van der Waals surface area (Å²) in [6.45, 7) is 4.89. The highest BCUT2D eigenvalue weighted by atomic mass is 16.2. The third kappa shape index (κ3) is 4.06. The molecule has 21 heavy (non-hydrogen) atoms. The Hall–Kier alpha value is -1.84. The number of carbonyl (C=O) groups excluding carboxylic acids is 2. The highest BCUT2D eigenvalue weighted by Gasteiger charge is 2.34. The first-order valence-corrected chi connectivity index (χ1v) is 7.74. The molecule has 1 aromatic carbocycles. The molecule has 0 aromatic heterocycles. The van der Waals surface area contributed by atoms with Crippen LogP contribution < -0.4 is 5.32 Å². The number of nitrogens with zero attached hydrogens (tertiary/aromatic N) is 1. The number of benzene rings is 1. The summed E-state index contributed by atoms with van der Waals surface area (Å²) in [6, 6.07) is 9.87. The van der Waals surface area contributed by atoms with E-state index in [1.165, 1.54) is 5.56 Å². The van der Waals surface area contributed by atoms with Crippen molar-refractivity contribution in [2.75, 3.05) is 13.1 Å². The van der Waals surface area contributed by atoms with E-state index in [4.69, 9.17) is 0 Å². The van der Waals surface area contributed by atoms with Crippen molar-refractivity contribution in [1.29, 1.82) is 0 Å². The zero-order valence-electron chi connectivity index (χ0n) is 12.8. The van der Waals surface area contributed by atoms with Crippen LogP contribution in [0.5, 0.6) is 0 Å². The molecule has 1 saturated heterocycles. The van der Waals surface area contributed by atoms with Crippen molar-refractivity contribution in [3.05, 3.63) is 35.9 Å². The minimum absolute atomic E-state index is 0.0420. The van der Waals surface area contributed by atoms with Crippen LogP contribution in [-0.2, 0) is 16.0 Å². The van der Waals surface area contributed by atoms with Crippen LogP contribution in [0.15, 0.2) is 30.3 Å². The Bertz CT molecular complexity index is 487. The molecule has 0 spiro atoms. The lowest BCUT2D eigenvalue weighted by molar-refractivity contribution is -0.145. The van der Waals surface area contributed by atoms with Crippen molar-refractivity contribution in [3.63, 3.8) is 0 Å². The summed E-state index contributed by atoms with van der Waals surface area (Å²) in [4.78, 5) is 25.9. The highest BCUT2D eigenvalue weighted by Crippen LogP contribution is 2.15. The summed E-state index contributed by atoms with van der Waals surface area (Å²) in [7, 11) is 0. The van der Waals surface area contributed by atoms with Crippen molar-refractivity contribution in [1.82, 2.24) is 10.2 Å². The van der Waals surface area contributed by atoms with Gasteiger partial charge in [-0.25, -0.2) is 0 Å². The molecule has 4 heteroatoms. The fourth-order valence-electron chi connectivity index (χ4n) is 2.66. The molecule has 114 valence electrons. The van der Waals surface area contributed by atoms with E-state index in [-0.39, 0.29) is 30.3 Å². The SMILES string of the molecule is CCC(C)C1NC(=O)CN(CCCc2ccccc2)C1=O. The molecular weight excluding hydrogens is 264 g/mol. The highest BCUT2D eigenvalue weighted by molar-refractivity contribution is 5.95. The van der Waals surface area contributed by atoms with Gasteiger partial charge in [-0.05, 0) is 24.3 Å². The zero-order valence-corrected chi connectivity index (χ0v) is 12.8. The van der Waals surface area contributed by atoms with Gasteiger partial charge in [-0.15, -0.1) is 0 Å². The molecule has 4 nitrogen and oxygen atoms in total. The van der Waals surface area contributed by atoms with Crippen molar-refractivity contribution >= 4 is 11.8 Å². The smallest absolute Gasteiger partial charge is 0.245 e. The summed E-state index contributed by atoms with van der Waals surface area (Å²) >= 11 is 0. The van der Waals surface area contributed by atoms with Gasteiger partial charge in [0.25, 0.3) is 0 Å². The molecule has 2 atom stereocenters. The number of carbonyl (C=O) groups is 2. The fraction of sp³-hybridized carbons (Fsp3) is 0.529. The number of nitrogens with one attached hydrogen (secondary N) is 1. The largest absolute Gasteiger partial charge is 0.342 e. The van der Waals surface area contributed by atoms with E-state index in [1.807, 2.05) is 32.0 Å². The molecular formula is C17H24N2O2. The standard InChI is InChI=1S/C17H24N2O2/c1-3-13(2)16-17(21)19(12-15(20)18-16)11-7-10-14-8-5-4-6-9-14/h4-6,8-9,13,16H,3,7,10-12H2,1-2H3,(H,18,20). The van der Waals surface area contributed by atoms with Crippen LogP contribution in [0.4, 0.5) is 0 Å². The molecule has 1 aliphatic heterocycles. The quantitative estimate of drug-likeness (QED) is 0.870. The lowest BCUT2D eigenvalue weighted by atomic mass is 9.96. The van der Waals surface area contributed by atoms with Crippen molar-refractivity contribution in [2.24, 2.45) is 5.92 Å². The second-order valence-electron chi connectivity index (χ2n) is 5.78. The van der Waals surface area contributed by atoms with Gasteiger partial charge in [0, 0.05) is 6.54 Å². The first-order valence-electron chi connectivity index (χ1n) is 7.74. The second kappa shape index (κ2) is 7.25. The first-order chi connectivity index (χ1) is 10.1. The Morgan fingerprint density at radius 2 is 2.00 bits per heavy atom. The van der Waals surface area contributed by atoms with Crippen molar-refractivity contribution in [2.45, 2.75) is 39.2 Å². The summed E-state index contributed by atoms with van der Waals surface area (Å²) in [5.74, 6) is 0.204. The minimum atomic E-state index is -0.354. The number of hydrogen-bond donors (Lipinski definition) is 1. The van der Waals surface area contributed by atoms with Crippen LogP contribution >= 0.6 is 0 Å². The monoisotopic (exact) mass is 288 g/mol. The van der Waals surface area contributed by atoms with Gasteiger partial charge in [0.1, 0.15) is 6.04 Å². The van der Waals surface area contributed by atoms with Gasteiger partial charge in [-0.2, -0.15) is 0 Å². The second-order valence-corrected chi connectivity index (χ2v) is 5.78. The average molecular weight is 288 g/mol. The normalized spacial score (nSPS) is 20.3. The van der Waals surface area contributed by atoms with Crippen molar-refractivity contribution in [3.8, 4) is 0 Å². The van der Waals surface area contributed by atoms with Crippen LogP contribution in [0, 0.1) is 5.92 Å². The minimum Gasteiger partial charge on any atom is -0.342 e. The lowest BCUT2D eigenvalue weighted by Gasteiger charge is -2.35. The Morgan fingerprint density at radius 3 is 2.67 bits per heavy atom. The molecule has 0 aliphatic carbocycles. The Morgan fingerprint density at radius 1 is 1.29 bits per heavy atom. The number of hydrogen-bond acceptors (Lipinski definition) is 2. The van der Waals surface area contributed by atoms with Gasteiger partial charge in [0.05, 0.1) is 6.54 Å². The lowest BCUT2D eigenvalue weighted by Crippen LogP contribution is -2.60. The molecule has 2 rings (SSSR count). The van der Waals surface area contributed by atoms with E-state index < -0.39 is 0 Å². The Kier molecular flexibility index (Phi) is 5.37. The van der Waals surface area contributed by atoms with E-state index in [1.54, 1.807) is 4.90 Å². The molecule has 1 fully saturated rings. The molecule has 0 saturated carbocycles.